The lowest BCUT2D eigenvalue weighted by molar-refractivity contribution is 0.0596. The molecule has 5 atom stereocenters. The molecule has 5 unspecified atom stereocenters. The minimum atomic E-state index is 0.819. The summed E-state index contributed by atoms with van der Waals surface area (Å²) in [5, 5.41) is 0. The van der Waals surface area contributed by atoms with Gasteiger partial charge in [0, 0.05) is 0 Å². The summed E-state index contributed by atoms with van der Waals surface area (Å²) in [4.78, 5) is 0. The first kappa shape index (κ1) is 18.2. The van der Waals surface area contributed by atoms with Crippen molar-refractivity contribution in [3.8, 4) is 0 Å². The van der Waals surface area contributed by atoms with Crippen LogP contribution in [0.3, 0.4) is 0 Å². The van der Waals surface area contributed by atoms with Crippen molar-refractivity contribution in [3.63, 3.8) is 0 Å². The van der Waals surface area contributed by atoms with E-state index in [2.05, 4.69) is 82.3 Å². The van der Waals surface area contributed by atoms with E-state index in [1.54, 1.807) is 0 Å². The Morgan fingerprint density at radius 3 is 2.16 bits per heavy atom. The molecule has 2 aromatic rings. The van der Waals surface area contributed by atoms with Crippen molar-refractivity contribution in [2.75, 3.05) is 0 Å². The summed E-state index contributed by atoms with van der Waals surface area (Å²) < 4.78 is 0. The van der Waals surface area contributed by atoms with E-state index < -0.39 is 0 Å². The van der Waals surface area contributed by atoms with Gasteiger partial charge in [0.25, 0.3) is 0 Å². The third kappa shape index (κ3) is 4.54. The van der Waals surface area contributed by atoms with Gasteiger partial charge in [-0.2, -0.15) is 0 Å². The molecule has 0 nitrogen and oxygen atoms in total. The number of hydrogen-bond acceptors (Lipinski definition) is 0. The summed E-state index contributed by atoms with van der Waals surface area (Å²) in [6.45, 7) is 9.69. The fourth-order valence-corrected chi connectivity index (χ4v) is 5.03. The second kappa shape index (κ2) is 8.21. The quantitative estimate of drug-likeness (QED) is 0.569. The normalized spacial score (nSPS) is 29.5. The third-order valence-corrected chi connectivity index (χ3v) is 6.88. The molecule has 1 saturated carbocycles. The molecule has 0 N–H and O–H groups in total. The highest BCUT2D eigenvalue weighted by Crippen LogP contribution is 2.45. The smallest absolute Gasteiger partial charge is 0.0248 e. The molecule has 0 heterocycles. The van der Waals surface area contributed by atoms with Gasteiger partial charge in [-0.25, -0.2) is 0 Å². The zero-order valence-electron chi connectivity index (χ0n) is 16.4. The molecule has 134 valence electrons. The van der Waals surface area contributed by atoms with Crippen LogP contribution in [0.1, 0.15) is 50.3 Å². The van der Waals surface area contributed by atoms with Gasteiger partial charge in [0.05, 0.1) is 0 Å². The van der Waals surface area contributed by atoms with Crippen molar-refractivity contribution in [3.05, 3.63) is 71.3 Å². The topological polar surface area (TPSA) is 0 Å². The monoisotopic (exact) mass is 334 g/mol. The van der Waals surface area contributed by atoms with Gasteiger partial charge in [-0.15, -0.1) is 0 Å². The molecular formula is C25H34. The molecule has 0 aliphatic heterocycles. The van der Waals surface area contributed by atoms with Crippen molar-refractivity contribution >= 4 is 0 Å². The van der Waals surface area contributed by atoms with Crippen LogP contribution in [-0.4, -0.2) is 0 Å². The van der Waals surface area contributed by atoms with Crippen molar-refractivity contribution in [1.29, 1.82) is 0 Å². The Hall–Kier alpha value is -1.56. The van der Waals surface area contributed by atoms with Gasteiger partial charge in [-0.1, -0.05) is 80.9 Å². The van der Waals surface area contributed by atoms with Crippen molar-refractivity contribution in [2.24, 2.45) is 29.6 Å². The van der Waals surface area contributed by atoms with E-state index in [-0.39, 0.29) is 0 Å². The lowest BCUT2D eigenvalue weighted by Gasteiger charge is -2.44. The first-order chi connectivity index (χ1) is 12.0. The summed E-state index contributed by atoms with van der Waals surface area (Å²) in [7, 11) is 0. The van der Waals surface area contributed by atoms with Crippen LogP contribution in [0.5, 0.6) is 0 Å². The van der Waals surface area contributed by atoms with E-state index >= 15 is 0 Å². The van der Waals surface area contributed by atoms with Gasteiger partial charge in [-0.05, 0) is 73.3 Å². The molecule has 0 spiro atoms. The van der Waals surface area contributed by atoms with Gasteiger partial charge < -0.3 is 0 Å². The second-order valence-electron chi connectivity index (χ2n) is 8.57. The molecule has 0 saturated heterocycles. The van der Waals surface area contributed by atoms with Gasteiger partial charge in [0.15, 0.2) is 0 Å². The van der Waals surface area contributed by atoms with Crippen LogP contribution in [0.2, 0.25) is 0 Å². The fourth-order valence-electron chi connectivity index (χ4n) is 5.03. The van der Waals surface area contributed by atoms with E-state index in [9.17, 15) is 0 Å². The first-order valence-electron chi connectivity index (χ1n) is 10.1. The van der Waals surface area contributed by atoms with E-state index in [1.165, 1.54) is 42.4 Å². The van der Waals surface area contributed by atoms with Crippen LogP contribution in [0, 0.1) is 36.5 Å². The molecule has 0 aromatic heterocycles. The highest BCUT2D eigenvalue weighted by Gasteiger charge is 2.37. The lowest BCUT2D eigenvalue weighted by atomic mass is 9.61. The number of hydrogen-bond donors (Lipinski definition) is 0. The Morgan fingerprint density at radius 1 is 0.800 bits per heavy atom. The average Bonchev–Trinajstić information content (AvgIpc) is 2.62. The molecule has 2 aromatic carbocycles. The van der Waals surface area contributed by atoms with Crippen molar-refractivity contribution in [1.82, 2.24) is 0 Å². The number of aryl methyl sites for hydroxylation is 2. The Labute approximate surface area is 154 Å². The standard InChI is InChI=1S/C25H34/c1-18-10-12-22(13-11-18)14-15-25-19(2)16-24(20(3)21(25)4)17-23-8-6-5-7-9-23/h5-13,19-21,24-25H,14-17H2,1-4H3. The second-order valence-corrected chi connectivity index (χ2v) is 8.57. The van der Waals surface area contributed by atoms with E-state index in [0.717, 1.165) is 29.6 Å². The molecule has 1 aliphatic rings. The molecule has 0 bridgehead atoms. The SMILES string of the molecule is Cc1ccc(CCC2C(C)CC(Cc3ccccc3)C(C)C2C)cc1. The Balaban J connectivity index is 1.60. The molecular weight excluding hydrogens is 300 g/mol. The summed E-state index contributed by atoms with van der Waals surface area (Å²) in [5.74, 6) is 4.18. The maximum atomic E-state index is 2.51. The molecule has 3 rings (SSSR count). The molecule has 1 aliphatic carbocycles. The number of benzene rings is 2. The molecule has 0 amide bonds. The molecule has 0 radical (unpaired) electrons. The predicted molar refractivity (Wildman–Crippen MR) is 109 cm³/mol. The van der Waals surface area contributed by atoms with Crippen LogP contribution < -0.4 is 0 Å². The molecule has 1 fully saturated rings. The zero-order valence-corrected chi connectivity index (χ0v) is 16.4. The minimum absolute atomic E-state index is 0.819. The zero-order chi connectivity index (χ0) is 17.8. The van der Waals surface area contributed by atoms with Gasteiger partial charge in [0.1, 0.15) is 0 Å². The Morgan fingerprint density at radius 2 is 1.48 bits per heavy atom. The minimum Gasteiger partial charge on any atom is -0.0622 e. The average molecular weight is 335 g/mol. The first-order valence-corrected chi connectivity index (χ1v) is 10.1. The highest BCUT2D eigenvalue weighted by molar-refractivity contribution is 5.21. The maximum absolute atomic E-state index is 2.51. The van der Waals surface area contributed by atoms with Gasteiger partial charge >= 0.3 is 0 Å². The lowest BCUT2D eigenvalue weighted by Crippen LogP contribution is -2.37. The molecule has 25 heavy (non-hydrogen) atoms. The summed E-state index contributed by atoms with van der Waals surface area (Å²) in [5.41, 5.74) is 4.38. The summed E-state index contributed by atoms with van der Waals surface area (Å²) >= 11 is 0. The van der Waals surface area contributed by atoms with Gasteiger partial charge in [-0.3, -0.25) is 0 Å². The summed E-state index contributed by atoms with van der Waals surface area (Å²) in [6.07, 6.45) is 5.21. The molecule has 0 heteroatoms. The largest absolute Gasteiger partial charge is 0.0622 e. The van der Waals surface area contributed by atoms with Crippen LogP contribution in [0.25, 0.3) is 0 Å². The van der Waals surface area contributed by atoms with Crippen molar-refractivity contribution < 1.29 is 0 Å². The van der Waals surface area contributed by atoms with Crippen LogP contribution in [-0.2, 0) is 12.8 Å². The van der Waals surface area contributed by atoms with Crippen molar-refractivity contribution in [2.45, 2.75) is 53.4 Å². The predicted octanol–water partition coefficient (Wildman–Crippen LogP) is 6.71. The van der Waals surface area contributed by atoms with Crippen LogP contribution in [0.15, 0.2) is 54.6 Å². The van der Waals surface area contributed by atoms with E-state index in [0.29, 0.717) is 0 Å². The van der Waals surface area contributed by atoms with Crippen LogP contribution in [0.4, 0.5) is 0 Å². The van der Waals surface area contributed by atoms with Crippen LogP contribution >= 0.6 is 0 Å². The van der Waals surface area contributed by atoms with E-state index in [4.69, 9.17) is 0 Å². The number of rotatable bonds is 5. The maximum Gasteiger partial charge on any atom is -0.0248 e. The summed E-state index contributed by atoms with van der Waals surface area (Å²) in [6, 6.07) is 20.2. The van der Waals surface area contributed by atoms with E-state index in [1.807, 2.05) is 0 Å². The highest BCUT2D eigenvalue weighted by atomic mass is 14.4. The Bertz CT molecular complexity index is 639. The fraction of sp³-hybridized carbons (Fsp3) is 0.520. The third-order valence-electron chi connectivity index (χ3n) is 6.88. The van der Waals surface area contributed by atoms with Gasteiger partial charge in [0.2, 0.25) is 0 Å². The Kier molecular flexibility index (Phi) is 5.99.